The van der Waals surface area contributed by atoms with E-state index in [4.69, 9.17) is 4.74 Å². The Morgan fingerprint density at radius 2 is 1.96 bits per heavy atom. The first-order valence-electron chi connectivity index (χ1n) is 9.03. The normalized spacial score (nSPS) is 12.1. The number of hydrogen-bond acceptors (Lipinski definition) is 4. The van der Waals surface area contributed by atoms with Gasteiger partial charge in [-0.2, -0.15) is 0 Å². The van der Waals surface area contributed by atoms with E-state index in [1.807, 2.05) is 44.3 Å². The summed E-state index contributed by atoms with van der Waals surface area (Å²) in [7, 11) is 2.02. The van der Waals surface area contributed by atoms with E-state index < -0.39 is 0 Å². The van der Waals surface area contributed by atoms with Gasteiger partial charge in [0.05, 0.1) is 24.6 Å². The molecule has 0 aliphatic heterocycles. The number of quaternary nitrogens is 1. The second kappa shape index (κ2) is 8.14. The van der Waals surface area contributed by atoms with E-state index in [-0.39, 0.29) is 11.3 Å². The van der Waals surface area contributed by atoms with E-state index in [9.17, 15) is 9.59 Å². The molecule has 0 bridgehead atoms. The first-order valence-corrected chi connectivity index (χ1v) is 9.03. The van der Waals surface area contributed by atoms with Crippen LogP contribution in [0.2, 0.25) is 0 Å². The predicted octanol–water partition coefficient (Wildman–Crippen LogP) is 1.74. The lowest BCUT2D eigenvalue weighted by Gasteiger charge is -2.17. The summed E-state index contributed by atoms with van der Waals surface area (Å²) >= 11 is 0. The van der Waals surface area contributed by atoms with Crippen LogP contribution in [-0.2, 0) is 13.1 Å². The highest BCUT2D eigenvalue weighted by molar-refractivity contribution is 5.94. The molecule has 2 N–H and O–H groups in total. The van der Waals surface area contributed by atoms with Crippen LogP contribution in [0.3, 0.4) is 0 Å². The zero-order chi connectivity index (χ0) is 19.4. The molecule has 0 spiro atoms. The number of para-hydroxylation sites is 1. The Kier molecular flexibility index (Phi) is 5.66. The average molecular weight is 366 g/mol. The number of benzene rings is 2. The van der Waals surface area contributed by atoms with Crippen LogP contribution >= 0.6 is 0 Å². The second-order valence-electron chi connectivity index (χ2n) is 6.65. The van der Waals surface area contributed by atoms with Crippen LogP contribution in [0.25, 0.3) is 10.9 Å². The second-order valence-corrected chi connectivity index (χ2v) is 6.65. The molecule has 0 aliphatic rings. The van der Waals surface area contributed by atoms with Gasteiger partial charge >= 0.3 is 0 Å². The first kappa shape index (κ1) is 18.8. The molecular weight excluding hydrogens is 342 g/mol. The highest BCUT2D eigenvalue weighted by Crippen LogP contribution is 2.20. The Labute approximate surface area is 157 Å². The average Bonchev–Trinajstić information content (AvgIpc) is 2.63. The summed E-state index contributed by atoms with van der Waals surface area (Å²) in [5.74, 6) is 1.44. The largest absolute Gasteiger partial charge is 0.493 e. The van der Waals surface area contributed by atoms with Gasteiger partial charge in [0.1, 0.15) is 18.8 Å². The van der Waals surface area contributed by atoms with E-state index in [1.54, 1.807) is 19.1 Å². The number of nitrogens with one attached hydrogen (secondary N) is 2. The number of Topliss-reactive ketones (excluding diaryl/α,β-unsaturated/α-hetero) is 1. The molecule has 0 radical (unpaired) electrons. The molecule has 0 saturated heterocycles. The highest BCUT2D eigenvalue weighted by atomic mass is 16.5. The molecule has 1 atom stereocenters. The van der Waals surface area contributed by atoms with Crippen LogP contribution < -0.4 is 15.2 Å². The van der Waals surface area contributed by atoms with Gasteiger partial charge < -0.3 is 14.6 Å². The summed E-state index contributed by atoms with van der Waals surface area (Å²) in [5, 5.41) is 0.590. The lowest BCUT2D eigenvalue weighted by Crippen LogP contribution is -3.06. The molecule has 1 heterocycles. The summed E-state index contributed by atoms with van der Waals surface area (Å²) < 4.78 is 5.70. The Balaban J connectivity index is 1.83. The smallest absolute Gasteiger partial charge is 0.258 e. The van der Waals surface area contributed by atoms with Crippen LogP contribution in [-0.4, -0.2) is 29.4 Å². The van der Waals surface area contributed by atoms with Gasteiger partial charge in [-0.15, -0.1) is 0 Å². The van der Waals surface area contributed by atoms with Crippen LogP contribution in [0.5, 0.6) is 5.75 Å². The summed E-state index contributed by atoms with van der Waals surface area (Å²) in [5.41, 5.74) is 2.19. The van der Waals surface area contributed by atoms with Crippen molar-refractivity contribution in [1.82, 2.24) is 9.97 Å². The van der Waals surface area contributed by atoms with E-state index in [2.05, 4.69) is 9.97 Å². The molecule has 0 fully saturated rings. The third-order valence-electron chi connectivity index (χ3n) is 4.39. The maximum Gasteiger partial charge on any atom is 0.258 e. The van der Waals surface area contributed by atoms with Gasteiger partial charge in [-0.1, -0.05) is 12.1 Å². The Hall–Kier alpha value is -2.99. The number of hydrogen-bond donors (Lipinski definition) is 2. The van der Waals surface area contributed by atoms with Gasteiger partial charge in [0, 0.05) is 11.1 Å². The highest BCUT2D eigenvalue weighted by Gasteiger charge is 2.14. The SMILES string of the molecule is CCOc1ccc(C(C)=O)cc1C[NH+](C)Cc1nc2ccccc2c(=O)[nH]1. The van der Waals surface area contributed by atoms with Gasteiger partial charge in [0.2, 0.25) is 0 Å². The van der Waals surface area contributed by atoms with Crippen molar-refractivity contribution < 1.29 is 14.4 Å². The number of carbonyl (C=O) groups excluding carboxylic acids is 1. The number of carbonyl (C=O) groups is 1. The zero-order valence-corrected chi connectivity index (χ0v) is 15.8. The van der Waals surface area contributed by atoms with Crippen molar-refractivity contribution in [2.45, 2.75) is 26.9 Å². The number of nitrogens with zero attached hydrogens (tertiary/aromatic N) is 1. The monoisotopic (exact) mass is 366 g/mol. The fourth-order valence-corrected chi connectivity index (χ4v) is 3.12. The zero-order valence-electron chi connectivity index (χ0n) is 15.8. The third-order valence-corrected chi connectivity index (χ3v) is 4.39. The molecule has 6 nitrogen and oxygen atoms in total. The van der Waals surface area contributed by atoms with E-state index >= 15 is 0 Å². The van der Waals surface area contributed by atoms with Gasteiger partial charge in [0.25, 0.3) is 5.56 Å². The summed E-state index contributed by atoms with van der Waals surface area (Å²) in [6.45, 7) is 5.25. The Morgan fingerprint density at radius 3 is 2.70 bits per heavy atom. The van der Waals surface area contributed by atoms with Crippen molar-refractivity contribution in [3.05, 3.63) is 69.8 Å². The predicted molar refractivity (Wildman–Crippen MR) is 104 cm³/mol. The number of aromatic amines is 1. The molecular formula is C21H24N3O3+. The van der Waals surface area contributed by atoms with Gasteiger partial charge in [-0.25, -0.2) is 4.98 Å². The van der Waals surface area contributed by atoms with Crippen molar-refractivity contribution in [1.29, 1.82) is 0 Å². The van der Waals surface area contributed by atoms with Crippen LogP contribution in [0.1, 0.15) is 35.6 Å². The van der Waals surface area contributed by atoms with Crippen LogP contribution in [0.15, 0.2) is 47.3 Å². The van der Waals surface area contributed by atoms with Crippen molar-refractivity contribution >= 4 is 16.7 Å². The van der Waals surface area contributed by atoms with Gasteiger partial charge in [-0.05, 0) is 44.2 Å². The minimum Gasteiger partial charge on any atom is -0.493 e. The minimum atomic E-state index is -0.128. The van der Waals surface area contributed by atoms with Crippen molar-refractivity contribution in [2.75, 3.05) is 13.7 Å². The number of H-pyrrole nitrogens is 1. The van der Waals surface area contributed by atoms with E-state index in [1.165, 1.54) is 0 Å². The van der Waals surface area contributed by atoms with Gasteiger partial charge in [-0.3, -0.25) is 9.59 Å². The third kappa shape index (κ3) is 4.41. The summed E-state index contributed by atoms with van der Waals surface area (Å²) in [4.78, 5) is 32.5. The standard InChI is InChI=1S/C21H23N3O3/c1-4-27-19-10-9-15(14(2)25)11-16(19)12-24(3)13-20-22-18-8-6-5-7-17(18)21(26)23-20/h5-11H,4,12-13H2,1-3H3,(H,22,23,26)/p+1. The van der Waals surface area contributed by atoms with E-state index in [0.717, 1.165) is 16.2 Å². The maximum atomic E-state index is 12.2. The molecule has 2 aromatic carbocycles. The van der Waals surface area contributed by atoms with Crippen molar-refractivity contribution in [3.63, 3.8) is 0 Å². The quantitative estimate of drug-likeness (QED) is 0.625. The fraction of sp³-hybridized carbons (Fsp3) is 0.286. The molecule has 27 heavy (non-hydrogen) atoms. The van der Waals surface area contributed by atoms with Crippen molar-refractivity contribution in [3.8, 4) is 5.75 Å². The molecule has 1 unspecified atom stereocenters. The summed E-state index contributed by atoms with van der Waals surface area (Å²) in [6, 6.07) is 12.8. The molecule has 6 heteroatoms. The molecule has 0 saturated carbocycles. The lowest BCUT2D eigenvalue weighted by atomic mass is 10.1. The molecule has 140 valence electrons. The fourth-order valence-electron chi connectivity index (χ4n) is 3.12. The molecule has 3 rings (SSSR count). The molecule has 1 aromatic heterocycles. The molecule has 0 amide bonds. The summed E-state index contributed by atoms with van der Waals surface area (Å²) in [6.07, 6.45) is 0. The maximum absolute atomic E-state index is 12.2. The number of ether oxygens (including phenoxy) is 1. The van der Waals surface area contributed by atoms with Crippen molar-refractivity contribution in [2.24, 2.45) is 0 Å². The van der Waals surface area contributed by atoms with Gasteiger partial charge in [0.15, 0.2) is 11.6 Å². The number of rotatable bonds is 7. The van der Waals surface area contributed by atoms with Crippen LogP contribution in [0.4, 0.5) is 0 Å². The number of ketones is 1. The lowest BCUT2D eigenvalue weighted by molar-refractivity contribution is -0.908. The Morgan fingerprint density at radius 1 is 1.19 bits per heavy atom. The Bertz CT molecular complexity index is 1030. The molecule has 3 aromatic rings. The molecule has 0 aliphatic carbocycles. The first-order chi connectivity index (χ1) is 13.0. The topological polar surface area (TPSA) is 76.5 Å². The van der Waals surface area contributed by atoms with E-state index in [0.29, 0.717) is 42.0 Å². The minimum absolute atomic E-state index is 0.0254. The number of aromatic nitrogens is 2. The van der Waals surface area contributed by atoms with Crippen LogP contribution in [0, 0.1) is 0 Å². The number of fused-ring (bicyclic) bond motifs is 1.